The maximum absolute atomic E-state index is 11.7. The molecule has 0 radical (unpaired) electrons. The lowest BCUT2D eigenvalue weighted by molar-refractivity contribution is 0.0979. The molecule has 0 aromatic heterocycles. The molecular formula is C12H14ClIO. The molecule has 0 atom stereocenters. The molecule has 1 aromatic carbocycles. The van der Waals surface area contributed by atoms with E-state index in [0.717, 1.165) is 28.4 Å². The standard InChI is InChI=1S/C12H14ClIO/c13-8-3-1-2-7-12(15)10-5-4-6-11(14)9-10/h4-6,9H,1-3,7-8H2. The second-order valence-corrected chi connectivity index (χ2v) is 5.06. The summed E-state index contributed by atoms with van der Waals surface area (Å²) in [5.41, 5.74) is 0.827. The van der Waals surface area contributed by atoms with Crippen molar-refractivity contribution < 1.29 is 4.79 Å². The Balaban J connectivity index is 2.40. The first-order valence-corrected chi connectivity index (χ1v) is 6.70. The van der Waals surface area contributed by atoms with Crippen LogP contribution >= 0.6 is 34.2 Å². The van der Waals surface area contributed by atoms with E-state index < -0.39 is 0 Å². The Labute approximate surface area is 109 Å². The Kier molecular flexibility index (Phi) is 6.25. The van der Waals surface area contributed by atoms with Gasteiger partial charge in [0.1, 0.15) is 0 Å². The molecule has 1 aromatic rings. The highest BCUT2D eigenvalue weighted by Crippen LogP contribution is 2.12. The van der Waals surface area contributed by atoms with Crippen LogP contribution in [0.15, 0.2) is 24.3 Å². The van der Waals surface area contributed by atoms with Crippen molar-refractivity contribution in [2.24, 2.45) is 0 Å². The van der Waals surface area contributed by atoms with Crippen molar-refractivity contribution in [3.05, 3.63) is 33.4 Å². The first-order valence-electron chi connectivity index (χ1n) is 5.09. The molecule has 0 unspecified atom stereocenters. The molecule has 15 heavy (non-hydrogen) atoms. The smallest absolute Gasteiger partial charge is 0.162 e. The number of carbonyl (C=O) groups excluding carboxylic acids is 1. The fourth-order valence-corrected chi connectivity index (χ4v) is 2.10. The van der Waals surface area contributed by atoms with Crippen LogP contribution in [-0.2, 0) is 0 Å². The molecule has 0 fully saturated rings. The van der Waals surface area contributed by atoms with Crippen LogP contribution in [0.25, 0.3) is 0 Å². The van der Waals surface area contributed by atoms with Gasteiger partial charge in [-0.25, -0.2) is 0 Å². The molecule has 1 rings (SSSR count). The minimum Gasteiger partial charge on any atom is -0.294 e. The van der Waals surface area contributed by atoms with Gasteiger partial charge in [-0.15, -0.1) is 11.6 Å². The number of hydrogen-bond acceptors (Lipinski definition) is 1. The van der Waals surface area contributed by atoms with E-state index in [-0.39, 0.29) is 5.78 Å². The molecule has 0 saturated heterocycles. The van der Waals surface area contributed by atoms with Crippen LogP contribution in [0.2, 0.25) is 0 Å². The molecule has 0 aliphatic carbocycles. The number of halogens is 2. The van der Waals surface area contributed by atoms with Crippen molar-refractivity contribution in [2.45, 2.75) is 25.7 Å². The molecule has 0 heterocycles. The van der Waals surface area contributed by atoms with E-state index in [4.69, 9.17) is 11.6 Å². The summed E-state index contributed by atoms with van der Waals surface area (Å²) in [6.45, 7) is 0. The summed E-state index contributed by atoms with van der Waals surface area (Å²) in [5, 5.41) is 0. The lowest BCUT2D eigenvalue weighted by Gasteiger charge is -2.01. The summed E-state index contributed by atoms with van der Waals surface area (Å²) in [6, 6.07) is 7.73. The second kappa shape index (κ2) is 7.23. The fourth-order valence-electron chi connectivity index (χ4n) is 1.36. The molecule has 1 nitrogen and oxygen atoms in total. The first-order chi connectivity index (χ1) is 7.24. The van der Waals surface area contributed by atoms with E-state index in [1.54, 1.807) is 0 Å². The molecular weight excluding hydrogens is 322 g/mol. The minimum atomic E-state index is 0.239. The summed E-state index contributed by atoms with van der Waals surface area (Å²) in [6.07, 6.45) is 3.62. The molecule has 0 aliphatic rings. The van der Waals surface area contributed by atoms with Crippen LogP contribution in [0.3, 0.4) is 0 Å². The molecule has 0 bridgehead atoms. The predicted octanol–water partition coefficient (Wildman–Crippen LogP) is 4.27. The zero-order valence-electron chi connectivity index (χ0n) is 8.51. The van der Waals surface area contributed by atoms with Crippen LogP contribution in [0.4, 0.5) is 0 Å². The predicted molar refractivity (Wildman–Crippen MR) is 72.7 cm³/mol. The number of carbonyl (C=O) groups is 1. The molecule has 0 saturated carbocycles. The average Bonchev–Trinajstić information content (AvgIpc) is 2.24. The van der Waals surface area contributed by atoms with Gasteiger partial charge in [-0.2, -0.15) is 0 Å². The quantitative estimate of drug-likeness (QED) is 0.328. The third-order valence-electron chi connectivity index (χ3n) is 2.18. The summed E-state index contributed by atoms with van der Waals surface area (Å²) >= 11 is 7.79. The lowest BCUT2D eigenvalue weighted by atomic mass is 10.1. The van der Waals surface area contributed by atoms with Crippen LogP contribution < -0.4 is 0 Å². The van der Waals surface area contributed by atoms with Crippen LogP contribution in [-0.4, -0.2) is 11.7 Å². The van der Waals surface area contributed by atoms with Gasteiger partial charge in [0.15, 0.2) is 5.78 Å². The molecule has 3 heteroatoms. The van der Waals surface area contributed by atoms with E-state index in [1.165, 1.54) is 0 Å². The highest BCUT2D eigenvalue weighted by atomic mass is 127. The highest BCUT2D eigenvalue weighted by molar-refractivity contribution is 14.1. The zero-order valence-corrected chi connectivity index (χ0v) is 11.4. The normalized spacial score (nSPS) is 10.3. The van der Waals surface area contributed by atoms with Crippen molar-refractivity contribution in [2.75, 3.05) is 5.88 Å². The summed E-state index contributed by atoms with van der Waals surface area (Å²) in [4.78, 5) is 11.7. The number of rotatable bonds is 6. The van der Waals surface area contributed by atoms with Gasteiger partial charge in [-0.1, -0.05) is 18.6 Å². The Morgan fingerprint density at radius 3 is 2.73 bits per heavy atom. The van der Waals surface area contributed by atoms with Crippen molar-refractivity contribution in [1.29, 1.82) is 0 Å². The van der Waals surface area contributed by atoms with E-state index in [1.807, 2.05) is 24.3 Å². The zero-order chi connectivity index (χ0) is 11.1. The number of unbranched alkanes of at least 4 members (excludes halogenated alkanes) is 2. The van der Waals surface area contributed by atoms with Crippen LogP contribution in [0.5, 0.6) is 0 Å². The van der Waals surface area contributed by atoms with Crippen LogP contribution in [0, 0.1) is 3.57 Å². The highest BCUT2D eigenvalue weighted by Gasteiger charge is 2.05. The molecule has 0 N–H and O–H groups in total. The van der Waals surface area contributed by atoms with Gasteiger partial charge in [-0.05, 0) is 47.6 Å². The Morgan fingerprint density at radius 2 is 2.07 bits per heavy atom. The molecule has 0 spiro atoms. The van der Waals surface area contributed by atoms with Gasteiger partial charge in [0.2, 0.25) is 0 Å². The van der Waals surface area contributed by atoms with Gasteiger partial charge in [0.05, 0.1) is 0 Å². The van der Waals surface area contributed by atoms with E-state index >= 15 is 0 Å². The number of hydrogen-bond donors (Lipinski definition) is 0. The molecule has 0 aliphatic heterocycles. The summed E-state index contributed by atoms with van der Waals surface area (Å²) in [5.74, 6) is 0.931. The summed E-state index contributed by atoms with van der Waals surface area (Å²) < 4.78 is 1.11. The van der Waals surface area contributed by atoms with Crippen molar-refractivity contribution in [3.63, 3.8) is 0 Å². The maximum Gasteiger partial charge on any atom is 0.162 e. The van der Waals surface area contributed by atoms with Gasteiger partial charge in [0.25, 0.3) is 0 Å². The van der Waals surface area contributed by atoms with E-state index in [0.29, 0.717) is 12.3 Å². The maximum atomic E-state index is 11.7. The van der Waals surface area contributed by atoms with E-state index in [9.17, 15) is 4.79 Å². The van der Waals surface area contributed by atoms with Gasteiger partial charge in [0, 0.05) is 21.4 Å². The SMILES string of the molecule is O=C(CCCCCCl)c1cccc(I)c1. The Morgan fingerprint density at radius 1 is 1.27 bits per heavy atom. The topological polar surface area (TPSA) is 17.1 Å². The fraction of sp³-hybridized carbons (Fsp3) is 0.417. The van der Waals surface area contributed by atoms with Crippen LogP contribution in [0.1, 0.15) is 36.0 Å². The second-order valence-electron chi connectivity index (χ2n) is 3.43. The summed E-state index contributed by atoms with van der Waals surface area (Å²) in [7, 11) is 0. The van der Waals surface area contributed by atoms with Gasteiger partial charge >= 0.3 is 0 Å². The molecule has 0 amide bonds. The Bertz CT molecular complexity index is 325. The number of Topliss-reactive ketones (excluding diaryl/α,β-unsaturated/α-hetero) is 1. The van der Waals surface area contributed by atoms with Crippen molar-refractivity contribution in [3.8, 4) is 0 Å². The largest absolute Gasteiger partial charge is 0.294 e. The minimum absolute atomic E-state index is 0.239. The molecule has 82 valence electrons. The first kappa shape index (κ1) is 13.0. The monoisotopic (exact) mass is 336 g/mol. The third kappa shape index (κ3) is 4.98. The average molecular weight is 337 g/mol. The third-order valence-corrected chi connectivity index (χ3v) is 3.12. The number of benzene rings is 1. The number of alkyl halides is 1. The lowest BCUT2D eigenvalue weighted by Crippen LogP contribution is -1.99. The number of ketones is 1. The van der Waals surface area contributed by atoms with E-state index in [2.05, 4.69) is 22.6 Å². The van der Waals surface area contributed by atoms with Crippen molar-refractivity contribution in [1.82, 2.24) is 0 Å². The van der Waals surface area contributed by atoms with Gasteiger partial charge < -0.3 is 0 Å². The van der Waals surface area contributed by atoms with Crippen molar-refractivity contribution >= 4 is 40.0 Å². The Hall–Kier alpha value is -0.0900. The van der Waals surface area contributed by atoms with Gasteiger partial charge in [-0.3, -0.25) is 4.79 Å².